The average molecular weight is 345 g/mol. The average Bonchev–Trinajstić information content (AvgIpc) is 3.05. The first-order valence-electron chi connectivity index (χ1n) is 7.70. The molecule has 2 aromatic rings. The molecule has 7 heteroatoms. The molecule has 0 bridgehead atoms. The lowest BCUT2D eigenvalue weighted by atomic mass is 10.1. The topological polar surface area (TPSA) is 92.5 Å². The highest BCUT2D eigenvalue weighted by atomic mass is 32.2. The Balaban J connectivity index is 1.72. The van der Waals surface area contributed by atoms with Crippen LogP contribution >= 0.6 is 0 Å². The van der Waals surface area contributed by atoms with Crippen LogP contribution in [0.15, 0.2) is 59.5 Å². The van der Waals surface area contributed by atoms with Gasteiger partial charge in [0.15, 0.2) is 0 Å². The van der Waals surface area contributed by atoms with E-state index in [0.29, 0.717) is 12.2 Å². The second kappa shape index (κ2) is 6.62. The van der Waals surface area contributed by atoms with Crippen molar-refractivity contribution >= 4 is 21.7 Å². The van der Waals surface area contributed by atoms with Gasteiger partial charge < -0.3 is 10.2 Å². The third kappa shape index (κ3) is 3.58. The molecule has 1 unspecified atom stereocenters. The predicted molar refractivity (Wildman–Crippen MR) is 92.0 cm³/mol. The first-order valence-corrected chi connectivity index (χ1v) is 9.25. The summed E-state index contributed by atoms with van der Waals surface area (Å²) in [5, 5.41) is 7.88. The number of carbonyl (C=O) groups is 1. The van der Waals surface area contributed by atoms with E-state index in [0.717, 1.165) is 18.4 Å². The Hall–Kier alpha value is -2.38. The molecular formula is C17H19N3O3S. The van der Waals surface area contributed by atoms with Crippen LogP contribution < -0.4 is 10.5 Å². The van der Waals surface area contributed by atoms with Crippen LogP contribution in [0, 0.1) is 0 Å². The molecule has 0 saturated carbocycles. The molecule has 0 aromatic heterocycles. The maximum absolute atomic E-state index is 12.6. The molecule has 0 aliphatic carbocycles. The van der Waals surface area contributed by atoms with Crippen molar-refractivity contribution in [3.63, 3.8) is 0 Å². The molecule has 126 valence electrons. The van der Waals surface area contributed by atoms with E-state index in [1.54, 1.807) is 0 Å². The van der Waals surface area contributed by atoms with Crippen molar-refractivity contribution in [1.82, 2.24) is 4.90 Å². The Bertz CT molecular complexity index is 820. The van der Waals surface area contributed by atoms with E-state index in [1.807, 2.05) is 35.2 Å². The van der Waals surface area contributed by atoms with Gasteiger partial charge in [-0.2, -0.15) is 0 Å². The van der Waals surface area contributed by atoms with Gasteiger partial charge >= 0.3 is 6.03 Å². The van der Waals surface area contributed by atoms with Gasteiger partial charge in [-0.05, 0) is 42.7 Å². The lowest BCUT2D eigenvalue weighted by Crippen LogP contribution is -2.34. The molecule has 1 saturated heterocycles. The molecule has 3 N–H and O–H groups in total. The number of primary sulfonamides is 1. The van der Waals surface area contributed by atoms with Gasteiger partial charge in [-0.3, -0.25) is 0 Å². The van der Waals surface area contributed by atoms with Crippen molar-refractivity contribution in [1.29, 1.82) is 0 Å². The number of nitrogens with two attached hydrogens (primary N) is 1. The van der Waals surface area contributed by atoms with Crippen molar-refractivity contribution in [3.05, 3.63) is 60.2 Å². The monoisotopic (exact) mass is 345 g/mol. The SMILES string of the molecule is NS(=O)(=O)c1ccc(NC(=O)N2CCCC2c2ccccc2)cc1. The Kier molecular flexibility index (Phi) is 4.55. The minimum absolute atomic E-state index is 0.0174. The number of benzene rings is 2. The van der Waals surface area contributed by atoms with Crippen molar-refractivity contribution < 1.29 is 13.2 Å². The number of anilines is 1. The third-order valence-corrected chi connectivity index (χ3v) is 5.06. The lowest BCUT2D eigenvalue weighted by molar-refractivity contribution is 0.207. The number of urea groups is 1. The van der Waals surface area contributed by atoms with E-state index in [4.69, 9.17) is 5.14 Å². The fourth-order valence-corrected chi connectivity index (χ4v) is 3.47. The molecule has 3 rings (SSSR count). The first-order chi connectivity index (χ1) is 11.4. The number of nitrogens with zero attached hydrogens (tertiary/aromatic N) is 1. The fourth-order valence-electron chi connectivity index (χ4n) is 2.95. The van der Waals surface area contributed by atoms with Gasteiger partial charge in [0.25, 0.3) is 0 Å². The number of sulfonamides is 1. The zero-order chi connectivity index (χ0) is 17.2. The molecule has 2 amide bonds. The molecule has 1 aliphatic rings. The van der Waals surface area contributed by atoms with Gasteiger partial charge in [0.05, 0.1) is 10.9 Å². The van der Waals surface area contributed by atoms with Crippen LogP contribution in [0.2, 0.25) is 0 Å². The summed E-state index contributed by atoms with van der Waals surface area (Å²) in [5.41, 5.74) is 1.65. The summed E-state index contributed by atoms with van der Waals surface area (Å²) in [7, 11) is -3.73. The lowest BCUT2D eigenvalue weighted by Gasteiger charge is -2.25. The van der Waals surface area contributed by atoms with E-state index >= 15 is 0 Å². The summed E-state index contributed by atoms with van der Waals surface area (Å²) in [6.07, 6.45) is 1.89. The molecule has 1 fully saturated rings. The van der Waals surface area contributed by atoms with E-state index in [9.17, 15) is 13.2 Å². The van der Waals surface area contributed by atoms with E-state index in [1.165, 1.54) is 24.3 Å². The molecule has 2 aromatic carbocycles. The van der Waals surface area contributed by atoms with Crippen molar-refractivity contribution in [2.45, 2.75) is 23.8 Å². The van der Waals surface area contributed by atoms with Gasteiger partial charge in [0, 0.05) is 12.2 Å². The normalized spacial score (nSPS) is 17.7. The summed E-state index contributed by atoms with van der Waals surface area (Å²) in [5.74, 6) is 0. The third-order valence-electron chi connectivity index (χ3n) is 4.13. The minimum atomic E-state index is -3.73. The molecular weight excluding hydrogens is 326 g/mol. The Labute approximate surface area is 141 Å². The van der Waals surface area contributed by atoms with Crippen molar-refractivity contribution in [2.24, 2.45) is 5.14 Å². The van der Waals surface area contributed by atoms with Crippen LogP contribution in [0.3, 0.4) is 0 Å². The Morgan fingerprint density at radius 2 is 1.75 bits per heavy atom. The van der Waals surface area contributed by atoms with Crippen molar-refractivity contribution in [2.75, 3.05) is 11.9 Å². The minimum Gasteiger partial charge on any atom is -0.317 e. The van der Waals surface area contributed by atoms with Gasteiger partial charge in [-0.25, -0.2) is 18.4 Å². The molecule has 6 nitrogen and oxygen atoms in total. The number of rotatable bonds is 3. The molecule has 0 radical (unpaired) electrons. The summed E-state index contributed by atoms with van der Waals surface area (Å²) < 4.78 is 22.5. The van der Waals surface area contributed by atoms with Crippen molar-refractivity contribution in [3.8, 4) is 0 Å². The van der Waals surface area contributed by atoms with Gasteiger partial charge in [-0.1, -0.05) is 30.3 Å². The highest BCUT2D eigenvalue weighted by molar-refractivity contribution is 7.89. The van der Waals surface area contributed by atoms with E-state index in [-0.39, 0.29) is 17.0 Å². The summed E-state index contributed by atoms with van der Waals surface area (Å²) in [4.78, 5) is 14.4. The highest BCUT2D eigenvalue weighted by Gasteiger charge is 2.29. The molecule has 0 spiro atoms. The van der Waals surface area contributed by atoms with Gasteiger partial charge in [0.1, 0.15) is 0 Å². The van der Waals surface area contributed by atoms with Crippen LogP contribution in [0.1, 0.15) is 24.4 Å². The zero-order valence-electron chi connectivity index (χ0n) is 13.1. The van der Waals surface area contributed by atoms with E-state index < -0.39 is 10.0 Å². The maximum Gasteiger partial charge on any atom is 0.322 e. The summed E-state index contributed by atoms with van der Waals surface area (Å²) in [6.45, 7) is 0.695. The predicted octanol–water partition coefficient (Wildman–Crippen LogP) is 2.70. The van der Waals surface area contributed by atoms with Crippen LogP contribution in [0.25, 0.3) is 0 Å². The first kappa shape index (κ1) is 16.5. The molecule has 1 aliphatic heterocycles. The van der Waals surface area contributed by atoms with Gasteiger partial charge in [0.2, 0.25) is 10.0 Å². The van der Waals surface area contributed by atoms with Crippen LogP contribution in [-0.4, -0.2) is 25.9 Å². The smallest absolute Gasteiger partial charge is 0.317 e. The number of amides is 2. The Morgan fingerprint density at radius 3 is 2.38 bits per heavy atom. The number of nitrogens with one attached hydrogen (secondary N) is 1. The van der Waals surface area contributed by atoms with Gasteiger partial charge in [-0.15, -0.1) is 0 Å². The number of carbonyl (C=O) groups excluding carboxylic acids is 1. The second-order valence-corrected chi connectivity index (χ2v) is 7.32. The standard InChI is InChI=1S/C17H19N3O3S/c18-24(22,23)15-10-8-14(9-11-15)19-17(21)20-12-4-7-16(20)13-5-2-1-3-6-13/h1-3,5-6,8-11,16H,4,7,12H2,(H,19,21)(H2,18,22,23). The molecule has 24 heavy (non-hydrogen) atoms. The van der Waals surface area contributed by atoms with Crippen LogP contribution in [0.5, 0.6) is 0 Å². The number of likely N-dealkylation sites (tertiary alicyclic amines) is 1. The Morgan fingerprint density at radius 1 is 1.08 bits per heavy atom. The summed E-state index contributed by atoms with van der Waals surface area (Å²) in [6, 6.07) is 15.6. The molecule has 1 atom stereocenters. The van der Waals surface area contributed by atoms with Crippen LogP contribution in [-0.2, 0) is 10.0 Å². The summed E-state index contributed by atoms with van der Waals surface area (Å²) >= 11 is 0. The number of hydrogen-bond donors (Lipinski definition) is 2. The fraction of sp³-hybridized carbons (Fsp3) is 0.235. The molecule has 1 heterocycles. The highest BCUT2D eigenvalue weighted by Crippen LogP contribution is 2.32. The van der Waals surface area contributed by atoms with E-state index in [2.05, 4.69) is 5.32 Å². The van der Waals surface area contributed by atoms with Crippen LogP contribution in [0.4, 0.5) is 10.5 Å². The quantitative estimate of drug-likeness (QED) is 0.896. The zero-order valence-corrected chi connectivity index (χ0v) is 13.9. The largest absolute Gasteiger partial charge is 0.322 e. The number of hydrogen-bond acceptors (Lipinski definition) is 3. The second-order valence-electron chi connectivity index (χ2n) is 5.76. The maximum atomic E-state index is 12.6.